The van der Waals surface area contributed by atoms with Crippen molar-refractivity contribution in [1.29, 1.82) is 0 Å². The molecule has 2 aromatic rings. The molecule has 0 aliphatic heterocycles. The van der Waals surface area contributed by atoms with Crippen LogP contribution in [0.4, 0.5) is 0 Å². The van der Waals surface area contributed by atoms with Gasteiger partial charge in [-0.05, 0) is 31.0 Å². The van der Waals surface area contributed by atoms with E-state index >= 15 is 0 Å². The molecule has 0 atom stereocenters. The third kappa shape index (κ3) is 5.01. The number of amides is 1. The number of nitrogens with zero attached hydrogens (tertiary/aromatic N) is 2. The lowest BCUT2D eigenvalue weighted by Crippen LogP contribution is -2.37. The van der Waals surface area contributed by atoms with Crippen molar-refractivity contribution in [1.82, 2.24) is 15.1 Å². The summed E-state index contributed by atoms with van der Waals surface area (Å²) in [6.07, 6.45) is 6.01. The zero-order valence-electron chi connectivity index (χ0n) is 14.1. The van der Waals surface area contributed by atoms with Gasteiger partial charge >= 0.3 is 0 Å². The second-order valence-corrected chi connectivity index (χ2v) is 7.35. The number of benzene rings is 1. The van der Waals surface area contributed by atoms with Crippen LogP contribution >= 0.6 is 15.9 Å². The minimum absolute atomic E-state index is 0.00496. The number of carbonyl (C=O) groups is 1. The van der Waals surface area contributed by atoms with E-state index in [0.29, 0.717) is 12.6 Å². The molecule has 3 rings (SSSR count). The van der Waals surface area contributed by atoms with E-state index in [4.69, 9.17) is 0 Å². The maximum absolute atomic E-state index is 12.1. The fraction of sp³-hybridized carbons (Fsp3) is 0.421. The number of hydrogen-bond acceptors (Lipinski definition) is 3. The molecule has 1 aliphatic carbocycles. The Kier molecular flexibility index (Phi) is 6.02. The molecule has 1 aromatic heterocycles. The normalized spacial score (nSPS) is 15.1. The molecule has 0 radical (unpaired) electrons. The minimum Gasteiger partial charge on any atom is -0.353 e. The van der Waals surface area contributed by atoms with Gasteiger partial charge < -0.3 is 5.32 Å². The molecule has 1 N–H and O–H groups in total. The minimum atomic E-state index is -0.189. The van der Waals surface area contributed by atoms with Gasteiger partial charge in [-0.1, -0.05) is 47.3 Å². The number of nitrogens with one attached hydrogen (secondary N) is 1. The Morgan fingerprint density at radius 3 is 2.56 bits per heavy atom. The Morgan fingerprint density at radius 2 is 1.84 bits per heavy atom. The highest BCUT2D eigenvalue weighted by molar-refractivity contribution is 9.10. The van der Waals surface area contributed by atoms with E-state index in [1.54, 1.807) is 6.07 Å². The van der Waals surface area contributed by atoms with Gasteiger partial charge in [0.05, 0.1) is 12.2 Å². The van der Waals surface area contributed by atoms with Crippen LogP contribution in [0.15, 0.2) is 45.7 Å². The summed E-state index contributed by atoms with van der Waals surface area (Å²) in [4.78, 5) is 24.1. The largest absolute Gasteiger partial charge is 0.353 e. The summed E-state index contributed by atoms with van der Waals surface area (Å²) in [5.41, 5.74) is 1.47. The molecule has 5 nitrogen and oxygen atoms in total. The van der Waals surface area contributed by atoms with Crippen LogP contribution in [0.25, 0.3) is 11.3 Å². The van der Waals surface area contributed by atoms with Crippen molar-refractivity contribution in [2.45, 2.75) is 51.1 Å². The van der Waals surface area contributed by atoms with Crippen LogP contribution in [0.1, 0.15) is 38.5 Å². The number of aromatic nitrogens is 2. The summed E-state index contributed by atoms with van der Waals surface area (Å²) in [5, 5.41) is 7.47. The fourth-order valence-corrected chi connectivity index (χ4v) is 3.40. The molecule has 0 spiro atoms. The van der Waals surface area contributed by atoms with Crippen LogP contribution in [0, 0.1) is 0 Å². The lowest BCUT2D eigenvalue weighted by Gasteiger charge is -2.22. The highest BCUT2D eigenvalue weighted by Crippen LogP contribution is 2.19. The Bertz CT molecular complexity index is 780. The van der Waals surface area contributed by atoms with Crippen molar-refractivity contribution < 1.29 is 4.79 Å². The van der Waals surface area contributed by atoms with Crippen LogP contribution in [0.3, 0.4) is 0 Å². The first-order valence-electron chi connectivity index (χ1n) is 8.75. The molecule has 132 valence electrons. The Balaban J connectivity index is 1.63. The van der Waals surface area contributed by atoms with Crippen molar-refractivity contribution in [3.8, 4) is 11.3 Å². The van der Waals surface area contributed by atoms with E-state index in [9.17, 15) is 9.59 Å². The van der Waals surface area contributed by atoms with Gasteiger partial charge in [0.2, 0.25) is 5.91 Å². The van der Waals surface area contributed by atoms with Crippen molar-refractivity contribution in [2.75, 3.05) is 0 Å². The van der Waals surface area contributed by atoms with Gasteiger partial charge in [-0.3, -0.25) is 9.59 Å². The predicted octanol–water partition coefficient (Wildman–Crippen LogP) is 3.51. The summed E-state index contributed by atoms with van der Waals surface area (Å²) in [5.74, 6) is -0.00496. The number of rotatable bonds is 5. The molecule has 1 amide bonds. The zero-order chi connectivity index (χ0) is 17.6. The number of aryl methyl sites for hydroxylation is 1. The molecule has 1 heterocycles. The van der Waals surface area contributed by atoms with Gasteiger partial charge in [-0.2, -0.15) is 5.10 Å². The fourth-order valence-electron chi connectivity index (χ4n) is 3.14. The van der Waals surface area contributed by atoms with Crippen LogP contribution < -0.4 is 10.9 Å². The molecular formula is C19H22BrN3O2. The second-order valence-electron chi connectivity index (χ2n) is 6.44. The van der Waals surface area contributed by atoms with Gasteiger partial charge in [0.15, 0.2) is 0 Å². The molecule has 0 saturated heterocycles. The summed E-state index contributed by atoms with van der Waals surface area (Å²) in [6.45, 7) is 0.293. The zero-order valence-corrected chi connectivity index (χ0v) is 15.7. The SMILES string of the molecule is O=C(CCn1nc(-c2ccc(Br)cc2)ccc1=O)NC1CCCCC1. The van der Waals surface area contributed by atoms with Crippen molar-refractivity contribution in [3.63, 3.8) is 0 Å². The quantitative estimate of drug-likeness (QED) is 0.830. The lowest BCUT2D eigenvalue weighted by molar-refractivity contribution is -0.122. The van der Waals surface area contributed by atoms with E-state index < -0.39 is 0 Å². The number of halogens is 1. The molecule has 25 heavy (non-hydrogen) atoms. The van der Waals surface area contributed by atoms with Crippen molar-refractivity contribution in [3.05, 3.63) is 51.2 Å². The average Bonchev–Trinajstić information content (AvgIpc) is 2.63. The molecular weight excluding hydrogens is 382 g/mol. The van der Waals surface area contributed by atoms with E-state index in [1.807, 2.05) is 24.3 Å². The third-order valence-electron chi connectivity index (χ3n) is 4.53. The van der Waals surface area contributed by atoms with Crippen LogP contribution in [0.2, 0.25) is 0 Å². The number of carbonyl (C=O) groups excluding carboxylic acids is 1. The van der Waals surface area contributed by atoms with Gasteiger partial charge in [0.1, 0.15) is 0 Å². The monoisotopic (exact) mass is 403 g/mol. The third-order valence-corrected chi connectivity index (χ3v) is 5.06. The van der Waals surface area contributed by atoms with Crippen molar-refractivity contribution in [2.24, 2.45) is 0 Å². The van der Waals surface area contributed by atoms with Crippen molar-refractivity contribution >= 4 is 21.8 Å². The molecule has 6 heteroatoms. The van der Waals surface area contributed by atoms with E-state index in [-0.39, 0.29) is 17.9 Å². The Labute approximate surface area is 155 Å². The first-order valence-corrected chi connectivity index (χ1v) is 9.54. The summed E-state index contributed by atoms with van der Waals surface area (Å²) >= 11 is 3.41. The maximum Gasteiger partial charge on any atom is 0.266 e. The molecule has 0 unspecified atom stereocenters. The van der Waals surface area contributed by atoms with Crippen LogP contribution in [-0.4, -0.2) is 21.7 Å². The van der Waals surface area contributed by atoms with E-state index in [0.717, 1.165) is 28.6 Å². The molecule has 1 aliphatic rings. The van der Waals surface area contributed by atoms with Gasteiger partial charge in [0, 0.05) is 28.6 Å². The first kappa shape index (κ1) is 17.9. The summed E-state index contributed by atoms with van der Waals surface area (Å²) < 4.78 is 2.36. The topological polar surface area (TPSA) is 64.0 Å². The highest BCUT2D eigenvalue weighted by atomic mass is 79.9. The smallest absolute Gasteiger partial charge is 0.266 e. The van der Waals surface area contributed by atoms with E-state index in [2.05, 4.69) is 26.3 Å². The Hall–Kier alpha value is -1.95. The second kappa shape index (κ2) is 8.43. The first-order chi connectivity index (χ1) is 12.1. The summed E-state index contributed by atoms with van der Waals surface area (Å²) in [7, 11) is 0. The molecule has 0 bridgehead atoms. The standard InChI is InChI=1S/C19H22BrN3O2/c20-15-8-6-14(7-9-15)17-10-11-19(25)23(22-17)13-12-18(24)21-16-4-2-1-3-5-16/h6-11,16H,1-5,12-13H2,(H,21,24). The van der Waals surface area contributed by atoms with Gasteiger partial charge in [0.25, 0.3) is 5.56 Å². The Morgan fingerprint density at radius 1 is 1.12 bits per heavy atom. The van der Waals surface area contributed by atoms with Gasteiger partial charge in [-0.25, -0.2) is 4.68 Å². The summed E-state index contributed by atoms with van der Waals surface area (Å²) in [6, 6.07) is 11.3. The predicted molar refractivity (Wildman–Crippen MR) is 101 cm³/mol. The molecule has 1 aromatic carbocycles. The van der Waals surface area contributed by atoms with Crippen LogP contribution in [0.5, 0.6) is 0 Å². The average molecular weight is 404 g/mol. The lowest BCUT2D eigenvalue weighted by atomic mass is 9.95. The molecule has 1 saturated carbocycles. The number of hydrogen-bond donors (Lipinski definition) is 1. The maximum atomic E-state index is 12.1. The van der Waals surface area contributed by atoms with Crippen LogP contribution in [-0.2, 0) is 11.3 Å². The molecule has 1 fully saturated rings. The van der Waals surface area contributed by atoms with E-state index in [1.165, 1.54) is 30.0 Å². The van der Waals surface area contributed by atoms with Gasteiger partial charge in [-0.15, -0.1) is 0 Å². The highest BCUT2D eigenvalue weighted by Gasteiger charge is 2.15.